The zero-order valence-corrected chi connectivity index (χ0v) is 74.5. The number of nitrogens with zero attached hydrogens (tertiary/aromatic N) is 11. The third-order valence-electron chi connectivity index (χ3n) is 26.4. The first-order valence-corrected chi connectivity index (χ1v) is 46.2. The normalized spacial score (nSPS) is 11.5. The lowest BCUT2D eigenvalue weighted by Crippen LogP contribution is -1.91. The smallest absolute Gasteiger partial charge is 0.0972 e. The van der Waals surface area contributed by atoms with Gasteiger partial charge in [0, 0.05) is 125 Å². The van der Waals surface area contributed by atoms with Crippen LogP contribution in [0, 0.1) is 0 Å². The number of fused-ring (bicyclic) bond motifs is 15. The Morgan fingerprint density at radius 3 is 0.804 bits per heavy atom. The first-order valence-electron chi connectivity index (χ1n) is 46.2. The summed E-state index contributed by atoms with van der Waals surface area (Å²) in [5, 5.41) is 18.9. The predicted molar refractivity (Wildman–Crippen MR) is 570 cm³/mol. The number of pyridine rings is 11. The van der Waals surface area contributed by atoms with Crippen LogP contribution in [0.1, 0.15) is 0 Å². The van der Waals surface area contributed by atoms with Gasteiger partial charge in [-0.15, -0.1) is 0 Å². The third-order valence-corrected chi connectivity index (χ3v) is 26.4. The molecule has 138 heavy (non-hydrogen) atoms. The molecule has 11 aromatic heterocycles. The van der Waals surface area contributed by atoms with Crippen LogP contribution < -0.4 is 0 Å². The maximum atomic E-state index is 5.18. The quantitative estimate of drug-likeness (QED) is 0.108. The van der Waals surface area contributed by atoms with Crippen LogP contribution in [-0.2, 0) is 0 Å². The van der Waals surface area contributed by atoms with Crippen molar-refractivity contribution in [2.45, 2.75) is 0 Å². The number of benzene rings is 16. The third kappa shape index (κ3) is 16.0. The van der Waals surface area contributed by atoms with Gasteiger partial charge in [0.1, 0.15) is 0 Å². The number of aromatic nitrogens is 11. The molecule has 0 saturated carbocycles. The molecule has 11 heterocycles. The van der Waals surface area contributed by atoms with E-state index in [2.05, 4.69) is 397 Å². The van der Waals surface area contributed by atoms with Gasteiger partial charge in [0.25, 0.3) is 0 Å². The van der Waals surface area contributed by atoms with Gasteiger partial charge in [-0.1, -0.05) is 309 Å². The molecule has 0 N–H and O–H groups in total. The Morgan fingerprint density at radius 1 is 0.123 bits per heavy atom. The lowest BCUT2D eigenvalue weighted by atomic mass is 9.95. The van der Waals surface area contributed by atoms with E-state index in [4.69, 9.17) is 39.9 Å². The van der Waals surface area contributed by atoms with Crippen molar-refractivity contribution in [2.75, 3.05) is 0 Å². The molecular formula is C127H79N11. The van der Waals surface area contributed by atoms with Crippen LogP contribution in [0.15, 0.2) is 480 Å². The molecule has 27 rings (SSSR count). The molecule has 0 aliphatic rings. The number of hydrogen-bond donors (Lipinski definition) is 0. The van der Waals surface area contributed by atoms with Gasteiger partial charge in [0.2, 0.25) is 0 Å². The summed E-state index contributed by atoms with van der Waals surface area (Å²) in [5.74, 6) is 0. The van der Waals surface area contributed by atoms with E-state index in [1.807, 2.05) is 66.9 Å². The van der Waals surface area contributed by atoms with E-state index >= 15 is 0 Å². The van der Waals surface area contributed by atoms with Crippen molar-refractivity contribution in [3.63, 3.8) is 0 Å². The Kier molecular flexibility index (Phi) is 20.7. The highest BCUT2D eigenvalue weighted by Gasteiger charge is 2.18. The van der Waals surface area contributed by atoms with Crippen molar-refractivity contribution < 1.29 is 0 Å². The number of hydrogen-bond acceptors (Lipinski definition) is 11. The van der Waals surface area contributed by atoms with E-state index in [0.717, 1.165) is 211 Å². The summed E-state index contributed by atoms with van der Waals surface area (Å²) >= 11 is 0. The second-order valence-electron chi connectivity index (χ2n) is 34.9. The first kappa shape index (κ1) is 81.3. The van der Waals surface area contributed by atoms with Crippen LogP contribution in [0.3, 0.4) is 0 Å². The molecule has 0 unspecified atom stereocenters. The Balaban J connectivity index is 0.000000111. The fourth-order valence-corrected chi connectivity index (χ4v) is 19.1. The maximum Gasteiger partial charge on any atom is 0.0972 e. The predicted octanol–water partition coefficient (Wildman–Crippen LogP) is 32.2. The fraction of sp³-hybridized carbons (Fsp3) is 0. The molecule has 0 saturated heterocycles. The minimum Gasteiger partial charge on any atom is -0.265 e. The van der Waals surface area contributed by atoms with Gasteiger partial charge in [-0.25, -0.2) is 39.9 Å². The SMILES string of the molecule is c1ccc(-c2ccc3ccc4ccc(-c5ccc(-c6ccc7ccc(-c8ccc9ccc(-c%10cccnc%10)nc9c8)cc7n6)cc5)nc4c3n2)cc1.c1ccc2c(c1)cc(-c1ccc3ccc(-c4ccc5ccc(-c6ccncc6)nc5c4)cc3n1)c1ccccc12.c1ccc2c(c1)ccc1ccc(-c3ccc(-c4ccc5ccc(-c6ccc7ccc(-c8ccncc8)nc7c6)cc5n4)cc3)cc12. The van der Waals surface area contributed by atoms with Crippen molar-refractivity contribution in [3.05, 3.63) is 480 Å². The molecule has 27 aromatic rings. The second kappa shape index (κ2) is 35.1. The molecule has 0 fully saturated rings. The van der Waals surface area contributed by atoms with Crippen LogP contribution >= 0.6 is 0 Å². The van der Waals surface area contributed by atoms with Gasteiger partial charge >= 0.3 is 0 Å². The molecule has 11 heteroatoms. The summed E-state index contributed by atoms with van der Waals surface area (Å²) in [4.78, 5) is 53.0. The van der Waals surface area contributed by atoms with Crippen LogP contribution in [0.4, 0.5) is 0 Å². The van der Waals surface area contributed by atoms with Crippen molar-refractivity contribution in [3.8, 4) is 135 Å². The zero-order chi connectivity index (χ0) is 91.4. The van der Waals surface area contributed by atoms with Crippen LogP contribution in [0.2, 0.25) is 0 Å². The first-order chi connectivity index (χ1) is 68.3. The Labute approximate surface area is 794 Å². The van der Waals surface area contributed by atoms with Gasteiger partial charge in [-0.3, -0.25) is 15.0 Å². The molecule has 11 nitrogen and oxygen atoms in total. The average molecular weight is 1760 g/mol. The molecule has 0 aliphatic heterocycles. The minimum absolute atomic E-state index is 0.903. The molecule has 0 aliphatic carbocycles. The zero-order valence-electron chi connectivity index (χ0n) is 74.5. The molecule has 642 valence electrons. The van der Waals surface area contributed by atoms with Gasteiger partial charge in [-0.05, 0) is 221 Å². The standard InChI is InChI=1S/C47H29N5.C43H27N3.C37H23N3/c1-2-5-30(6-3-1)41-24-20-35-14-15-36-21-25-42(52-47(36)46(35)51-41)32-10-8-31(9-11-32)40-22-18-33-12-16-37(27-44(33)49-40)38-17-13-34-19-23-43(50-45(34)28-38)39-7-4-26-48-29-39;1-2-4-38-29(3-1)7-8-30-9-14-35(25-39(30)38)28-5-10-31(11-6-28)40-19-17-32-12-15-36(26-42(32)45-40)37-16-13-33-18-20-41(46-43(33)27-37)34-21-23-44-24-22-34;1-2-6-30-29(5-1)21-33(32-8-4-3-7-31(30)32)35-16-14-25-10-12-28(23-37(25)40-35)27-11-9-24-13-15-34(39-36(24)22-27)26-17-19-38-20-18-26/h1-29H;1-27H;1-23H. The highest BCUT2D eigenvalue weighted by atomic mass is 14.8. The average Bonchev–Trinajstić information content (AvgIpc) is 0.758. The van der Waals surface area contributed by atoms with Crippen LogP contribution in [0.25, 0.3) is 265 Å². The molecule has 0 spiro atoms. The molecular weight excluding hydrogens is 1680 g/mol. The van der Waals surface area contributed by atoms with Gasteiger partial charge in [-0.2, -0.15) is 0 Å². The molecule has 0 atom stereocenters. The summed E-state index contributed by atoms with van der Waals surface area (Å²) in [6.45, 7) is 0. The van der Waals surface area contributed by atoms with E-state index in [0.29, 0.717) is 0 Å². The monoisotopic (exact) mass is 1760 g/mol. The lowest BCUT2D eigenvalue weighted by molar-refractivity contribution is 1.30. The van der Waals surface area contributed by atoms with Crippen LogP contribution in [0.5, 0.6) is 0 Å². The van der Waals surface area contributed by atoms with E-state index in [1.54, 1.807) is 31.0 Å². The summed E-state index contributed by atoms with van der Waals surface area (Å²) in [6, 6.07) is 156. The maximum absolute atomic E-state index is 5.18. The summed E-state index contributed by atoms with van der Waals surface area (Å²) < 4.78 is 0. The lowest BCUT2D eigenvalue weighted by Gasteiger charge is -2.12. The van der Waals surface area contributed by atoms with Crippen LogP contribution in [-0.4, -0.2) is 54.8 Å². The van der Waals surface area contributed by atoms with Crippen molar-refractivity contribution in [1.82, 2.24) is 54.8 Å². The Morgan fingerprint density at radius 2 is 0.391 bits per heavy atom. The summed E-state index contributed by atoms with van der Waals surface area (Å²) in [5.41, 5.74) is 32.7. The highest BCUT2D eigenvalue weighted by Crippen LogP contribution is 2.41. The van der Waals surface area contributed by atoms with Gasteiger partial charge < -0.3 is 0 Å². The topological polar surface area (TPSA) is 142 Å². The molecule has 0 bridgehead atoms. The van der Waals surface area contributed by atoms with Gasteiger partial charge in [0.15, 0.2) is 0 Å². The summed E-state index contributed by atoms with van der Waals surface area (Å²) in [6.07, 6.45) is 10.8. The largest absolute Gasteiger partial charge is 0.265 e. The molecule has 16 aromatic carbocycles. The highest BCUT2D eigenvalue weighted by molar-refractivity contribution is 6.14. The van der Waals surface area contributed by atoms with E-state index in [9.17, 15) is 0 Å². The molecule has 0 amide bonds. The Hall–Kier alpha value is -18.7. The minimum atomic E-state index is 0.903. The summed E-state index contributed by atoms with van der Waals surface area (Å²) in [7, 11) is 0. The van der Waals surface area contributed by atoms with Crippen molar-refractivity contribution in [2.24, 2.45) is 0 Å². The Bertz CT molecular complexity index is 9460. The molecule has 0 radical (unpaired) electrons. The second-order valence-corrected chi connectivity index (χ2v) is 34.9. The van der Waals surface area contributed by atoms with E-state index in [1.165, 1.54) is 54.2 Å². The van der Waals surface area contributed by atoms with Gasteiger partial charge in [0.05, 0.1) is 89.7 Å². The van der Waals surface area contributed by atoms with Crippen molar-refractivity contribution in [1.29, 1.82) is 0 Å². The van der Waals surface area contributed by atoms with Crippen molar-refractivity contribution >= 4 is 130 Å². The fourth-order valence-electron chi connectivity index (χ4n) is 19.1. The van der Waals surface area contributed by atoms with E-state index < -0.39 is 0 Å². The van der Waals surface area contributed by atoms with E-state index in [-0.39, 0.29) is 0 Å². The number of rotatable bonds is 12.